The topological polar surface area (TPSA) is 30.5 Å². The van der Waals surface area contributed by atoms with Crippen molar-refractivity contribution in [2.24, 2.45) is 0 Å². The lowest BCUT2D eigenvalue weighted by atomic mass is 10.1. The van der Waals surface area contributed by atoms with Crippen LogP contribution in [0.4, 0.5) is 0 Å². The highest BCUT2D eigenvalue weighted by Gasteiger charge is 2.40. The van der Waals surface area contributed by atoms with E-state index in [4.69, 9.17) is 9.47 Å². The van der Waals surface area contributed by atoms with Gasteiger partial charge in [0.05, 0.1) is 24.4 Å². The van der Waals surface area contributed by atoms with Crippen LogP contribution in [0.2, 0.25) is 0 Å². The third-order valence-corrected chi connectivity index (χ3v) is 2.85. The van der Waals surface area contributed by atoms with Gasteiger partial charge in [0.15, 0.2) is 0 Å². The van der Waals surface area contributed by atoms with Gasteiger partial charge in [-0.2, -0.15) is 0 Å². The molecule has 3 nitrogen and oxygen atoms in total. The Morgan fingerprint density at radius 1 is 1.29 bits per heavy atom. The molecule has 0 aromatic heterocycles. The summed E-state index contributed by atoms with van der Waals surface area (Å²) in [5, 5.41) is 3.49. The molecule has 2 aliphatic rings. The number of morpholine rings is 1. The van der Waals surface area contributed by atoms with Crippen LogP contribution >= 0.6 is 0 Å². The Bertz CT molecular complexity index is 200. The highest BCUT2D eigenvalue weighted by Crippen LogP contribution is 2.30. The summed E-state index contributed by atoms with van der Waals surface area (Å²) >= 11 is 0. The number of fused-ring (bicyclic) bond motifs is 1. The van der Waals surface area contributed by atoms with E-state index in [0.717, 1.165) is 19.6 Å². The van der Waals surface area contributed by atoms with Gasteiger partial charge in [0.2, 0.25) is 0 Å². The van der Waals surface area contributed by atoms with Crippen LogP contribution in [-0.4, -0.2) is 37.0 Å². The Morgan fingerprint density at radius 3 is 2.79 bits per heavy atom. The molecule has 1 N–H and O–H groups in total. The average Bonchev–Trinajstić information content (AvgIpc) is 2.47. The lowest BCUT2D eigenvalue weighted by Crippen LogP contribution is -2.50. The SMILES string of the molecule is CC(C)(C)O[C@H]1CC[C@@H]2NCCO[C@@H]21. The highest BCUT2D eigenvalue weighted by atomic mass is 16.6. The molecule has 82 valence electrons. The van der Waals surface area contributed by atoms with E-state index in [1.807, 2.05) is 0 Å². The maximum Gasteiger partial charge on any atom is 0.0989 e. The Balaban J connectivity index is 1.94. The third-order valence-electron chi connectivity index (χ3n) is 2.85. The smallest absolute Gasteiger partial charge is 0.0989 e. The van der Waals surface area contributed by atoms with E-state index in [2.05, 4.69) is 26.1 Å². The zero-order chi connectivity index (χ0) is 10.2. The fourth-order valence-corrected chi connectivity index (χ4v) is 2.39. The van der Waals surface area contributed by atoms with Crippen molar-refractivity contribution in [3.63, 3.8) is 0 Å². The quantitative estimate of drug-likeness (QED) is 0.691. The Kier molecular flexibility index (Phi) is 2.82. The third kappa shape index (κ3) is 2.27. The van der Waals surface area contributed by atoms with Gasteiger partial charge in [0.1, 0.15) is 0 Å². The van der Waals surface area contributed by atoms with Crippen molar-refractivity contribution in [3.8, 4) is 0 Å². The Hall–Kier alpha value is -0.120. The molecule has 3 heteroatoms. The maximum atomic E-state index is 6.00. The van der Waals surface area contributed by atoms with E-state index in [-0.39, 0.29) is 17.8 Å². The molecule has 1 saturated carbocycles. The minimum Gasteiger partial charge on any atom is -0.373 e. The first-order valence-electron chi connectivity index (χ1n) is 5.59. The van der Waals surface area contributed by atoms with Crippen molar-refractivity contribution in [1.29, 1.82) is 0 Å². The van der Waals surface area contributed by atoms with Crippen LogP contribution in [-0.2, 0) is 9.47 Å². The zero-order valence-corrected chi connectivity index (χ0v) is 9.38. The van der Waals surface area contributed by atoms with Crippen LogP contribution in [0.5, 0.6) is 0 Å². The molecule has 1 aliphatic carbocycles. The summed E-state index contributed by atoms with van der Waals surface area (Å²) in [4.78, 5) is 0. The van der Waals surface area contributed by atoms with Gasteiger partial charge in [-0.05, 0) is 33.6 Å². The molecule has 2 fully saturated rings. The zero-order valence-electron chi connectivity index (χ0n) is 9.38. The van der Waals surface area contributed by atoms with Gasteiger partial charge in [-0.25, -0.2) is 0 Å². The fourth-order valence-electron chi connectivity index (χ4n) is 2.39. The number of hydrogen-bond acceptors (Lipinski definition) is 3. The lowest BCUT2D eigenvalue weighted by molar-refractivity contribution is -0.128. The van der Waals surface area contributed by atoms with E-state index in [0.29, 0.717) is 6.04 Å². The fraction of sp³-hybridized carbons (Fsp3) is 1.00. The summed E-state index contributed by atoms with van der Waals surface area (Å²) in [5.74, 6) is 0. The minimum absolute atomic E-state index is 0.0552. The van der Waals surface area contributed by atoms with Gasteiger partial charge in [-0.15, -0.1) is 0 Å². The Labute approximate surface area is 86.2 Å². The van der Waals surface area contributed by atoms with Crippen molar-refractivity contribution in [2.75, 3.05) is 13.2 Å². The van der Waals surface area contributed by atoms with Crippen LogP contribution in [0.15, 0.2) is 0 Å². The molecule has 0 amide bonds. The van der Waals surface area contributed by atoms with Crippen LogP contribution in [0.25, 0.3) is 0 Å². The van der Waals surface area contributed by atoms with Gasteiger partial charge in [-0.1, -0.05) is 0 Å². The van der Waals surface area contributed by atoms with Crippen molar-refractivity contribution in [2.45, 2.75) is 57.5 Å². The monoisotopic (exact) mass is 199 g/mol. The minimum atomic E-state index is -0.0552. The summed E-state index contributed by atoms with van der Waals surface area (Å²) in [6.45, 7) is 8.14. The summed E-state index contributed by atoms with van der Waals surface area (Å²) in [5.41, 5.74) is -0.0552. The van der Waals surface area contributed by atoms with Gasteiger partial charge >= 0.3 is 0 Å². The molecule has 0 bridgehead atoms. The van der Waals surface area contributed by atoms with E-state index >= 15 is 0 Å². The molecular formula is C11H21NO2. The largest absolute Gasteiger partial charge is 0.373 e. The normalized spacial score (nSPS) is 38.4. The highest BCUT2D eigenvalue weighted by molar-refractivity contribution is 4.94. The molecule has 1 heterocycles. The van der Waals surface area contributed by atoms with Crippen molar-refractivity contribution < 1.29 is 9.47 Å². The van der Waals surface area contributed by atoms with Crippen molar-refractivity contribution in [1.82, 2.24) is 5.32 Å². The van der Waals surface area contributed by atoms with Crippen LogP contribution < -0.4 is 5.32 Å². The second kappa shape index (κ2) is 3.80. The Morgan fingerprint density at radius 2 is 2.07 bits per heavy atom. The summed E-state index contributed by atoms with van der Waals surface area (Å²) in [7, 11) is 0. The predicted octanol–water partition coefficient (Wildman–Crippen LogP) is 1.32. The first-order valence-corrected chi connectivity index (χ1v) is 5.59. The number of rotatable bonds is 1. The second-order valence-corrected chi connectivity index (χ2v) is 5.24. The maximum absolute atomic E-state index is 6.00. The standard InChI is InChI=1S/C11H21NO2/c1-11(2,3)14-9-5-4-8-10(9)13-7-6-12-8/h8-10,12H,4-7H2,1-3H3/t8-,9-,10-/m0/s1. The molecular weight excluding hydrogens is 178 g/mol. The number of nitrogens with one attached hydrogen (secondary N) is 1. The summed E-state index contributed by atoms with van der Waals surface area (Å²) in [6, 6.07) is 0.524. The predicted molar refractivity (Wildman–Crippen MR) is 55.4 cm³/mol. The average molecular weight is 199 g/mol. The lowest BCUT2D eigenvalue weighted by Gasteiger charge is -2.33. The number of ether oxygens (including phenoxy) is 2. The summed E-state index contributed by atoms with van der Waals surface area (Å²) < 4.78 is 11.8. The molecule has 14 heavy (non-hydrogen) atoms. The molecule has 0 unspecified atom stereocenters. The van der Waals surface area contributed by atoms with E-state index in [1.165, 1.54) is 6.42 Å². The second-order valence-electron chi connectivity index (χ2n) is 5.24. The molecule has 2 rings (SSSR count). The van der Waals surface area contributed by atoms with Crippen molar-refractivity contribution >= 4 is 0 Å². The van der Waals surface area contributed by atoms with E-state index < -0.39 is 0 Å². The molecule has 0 radical (unpaired) electrons. The molecule has 0 spiro atoms. The van der Waals surface area contributed by atoms with Gasteiger partial charge < -0.3 is 14.8 Å². The molecule has 1 aliphatic heterocycles. The van der Waals surface area contributed by atoms with Crippen LogP contribution in [0, 0.1) is 0 Å². The summed E-state index contributed by atoms with van der Waals surface area (Å²) in [6.07, 6.45) is 2.88. The number of hydrogen-bond donors (Lipinski definition) is 1. The van der Waals surface area contributed by atoms with Gasteiger partial charge in [0, 0.05) is 12.6 Å². The first-order chi connectivity index (χ1) is 6.56. The molecule has 0 aromatic rings. The van der Waals surface area contributed by atoms with E-state index in [9.17, 15) is 0 Å². The first kappa shape index (κ1) is 10.4. The molecule has 3 atom stereocenters. The van der Waals surface area contributed by atoms with Crippen LogP contribution in [0.1, 0.15) is 33.6 Å². The van der Waals surface area contributed by atoms with Crippen LogP contribution in [0.3, 0.4) is 0 Å². The molecule has 0 aromatic carbocycles. The van der Waals surface area contributed by atoms with Gasteiger partial charge in [0.25, 0.3) is 0 Å². The van der Waals surface area contributed by atoms with Crippen molar-refractivity contribution in [3.05, 3.63) is 0 Å². The van der Waals surface area contributed by atoms with Gasteiger partial charge in [-0.3, -0.25) is 0 Å². The van der Waals surface area contributed by atoms with E-state index in [1.54, 1.807) is 0 Å². The molecule has 1 saturated heterocycles.